The molecule has 1 rings (SSSR count). The molecule has 0 aliphatic heterocycles. The Hall–Kier alpha value is -0.0800. The lowest BCUT2D eigenvalue weighted by Crippen LogP contribution is -2.36. The second-order valence-corrected chi connectivity index (χ2v) is 6.51. The molecule has 0 amide bonds. The van der Waals surface area contributed by atoms with Crippen LogP contribution in [0.15, 0.2) is 0 Å². The summed E-state index contributed by atoms with van der Waals surface area (Å²) in [4.78, 5) is 0. The fourth-order valence-electron chi connectivity index (χ4n) is 3.44. The van der Waals surface area contributed by atoms with E-state index in [1.54, 1.807) is 0 Å². The molecule has 1 fully saturated rings. The molecule has 19 heavy (non-hydrogen) atoms. The van der Waals surface area contributed by atoms with Gasteiger partial charge in [-0.2, -0.15) is 0 Å². The Morgan fingerprint density at radius 2 is 1.53 bits per heavy atom. The summed E-state index contributed by atoms with van der Waals surface area (Å²) in [6, 6.07) is 0.572. The molecule has 1 aliphatic rings. The Morgan fingerprint density at radius 3 is 2.11 bits per heavy atom. The summed E-state index contributed by atoms with van der Waals surface area (Å²) in [6.07, 6.45) is 19.6. The van der Waals surface area contributed by atoms with Crippen molar-refractivity contribution >= 4 is 0 Å². The summed E-state index contributed by atoms with van der Waals surface area (Å²) in [6.45, 7) is 2.28. The molecule has 0 aromatic rings. The first-order chi connectivity index (χ1) is 9.36. The quantitative estimate of drug-likeness (QED) is 0.299. The van der Waals surface area contributed by atoms with Gasteiger partial charge in [-0.25, -0.2) is 0 Å². The van der Waals surface area contributed by atoms with Gasteiger partial charge in [0.05, 0.1) is 0 Å². The minimum atomic E-state index is 0.572. The molecule has 1 aliphatic carbocycles. The SMILES string of the molecule is CCCCCCCCCCC(CC1CCCC1)NN. The maximum atomic E-state index is 5.70. The van der Waals surface area contributed by atoms with Gasteiger partial charge in [-0.1, -0.05) is 84.0 Å². The van der Waals surface area contributed by atoms with Gasteiger partial charge in [0.25, 0.3) is 0 Å². The zero-order chi connectivity index (χ0) is 13.8. The monoisotopic (exact) mass is 268 g/mol. The Morgan fingerprint density at radius 1 is 0.947 bits per heavy atom. The maximum Gasteiger partial charge on any atom is 0.0213 e. The van der Waals surface area contributed by atoms with E-state index in [0.29, 0.717) is 6.04 Å². The summed E-state index contributed by atoms with van der Waals surface area (Å²) in [5.41, 5.74) is 3.05. The Labute approximate surface area is 120 Å². The molecular weight excluding hydrogens is 232 g/mol. The molecule has 0 bridgehead atoms. The molecule has 0 heterocycles. The van der Waals surface area contributed by atoms with Gasteiger partial charge in [0, 0.05) is 6.04 Å². The molecule has 114 valence electrons. The van der Waals surface area contributed by atoms with E-state index in [0.717, 1.165) is 5.92 Å². The molecule has 0 saturated heterocycles. The highest BCUT2D eigenvalue weighted by Crippen LogP contribution is 2.29. The van der Waals surface area contributed by atoms with E-state index in [-0.39, 0.29) is 0 Å². The van der Waals surface area contributed by atoms with Crippen LogP contribution in [0.4, 0.5) is 0 Å². The number of nitrogens with two attached hydrogens (primary N) is 1. The minimum absolute atomic E-state index is 0.572. The van der Waals surface area contributed by atoms with Crippen molar-refractivity contribution in [2.24, 2.45) is 11.8 Å². The Kier molecular flexibility index (Phi) is 10.5. The number of hydrazine groups is 1. The van der Waals surface area contributed by atoms with E-state index < -0.39 is 0 Å². The molecule has 3 N–H and O–H groups in total. The van der Waals surface area contributed by atoms with Crippen molar-refractivity contribution in [1.29, 1.82) is 0 Å². The largest absolute Gasteiger partial charge is 0.271 e. The van der Waals surface area contributed by atoms with Crippen LogP contribution in [0.3, 0.4) is 0 Å². The summed E-state index contributed by atoms with van der Waals surface area (Å²) in [7, 11) is 0. The number of unbranched alkanes of at least 4 members (excludes halogenated alkanes) is 7. The van der Waals surface area contributed by atoms with Crippen LogP contribution < -0.4 is 11.3 Å². The highest BCUT2D eigenvalue weighted by Gasteiger charge is 2.19. The fraction of sp³-hybridized carbons (Fsp3) is 1.00. The molecule has 0 aromatic heterocycles. The van der Waals surface area contributed by atoms with Crippen LogP contribution in [0.5, 0.6) is 0 Å². The minimum Gasteiger partial charge on any atom is -0.271 e. The van der Waals surface area contributed by atoms with E-state index in [2.05, 4.69) is 12.3 Å². The van der Waals surface area contributed by atoms with Gasteiger partial charge in [-0.15, -0.1) is 0 Å². The summed E-state index contributed by atoms with van der Waals surface area (Å²) >= 11 is 0. The van der Waals surface area contributed by atoms with E-state index in [9.17, 15) is 0 Å². The van der Waals surface area contributed by atoms with Gasteiger partial charge in [-0.3, -0.25) is 11.3 Å². The lowest BCUT2D eigenvalue weighted by atomic mass is 9.95. The Balaban J connectivity index is 1.91. The zero-order valence-electron chi connectivity index (χ0n) is 13.1. The average molecular weight is 268 g/mol. The first kappa shape index (κ1) is 17.0. The standard InChI is InChI=1S/C17H36N2/c1-2-3-4-5-6-7-8-9-14-17(19-18)15-16-12-10-11-13-16/h16-17,19H,2-15,18H2,1H3. The van der Waals surface area contributed by atoms with Gasteiger partial charge >= 0.3 is 0 Å². The van der Waals surface area contributed by atoms with Crippen molar-refractivity contribution in [3.05, 3.63) is 0 Å². The molecule has 0 aromatic carbocycles. The lowest BCUT2D eigenvalue weighted by Gasteiger charge is -2.19. The second kappa shape index (κ2) is 11.7. The number of hydrogen-bond acceptors (Lipinski definition) is 2. The first-order valence-electron chi connectivity index (χ1n) is 8.83. The summed E-state index contributed by atoms with van der Waals surface area (Å²) in [5, 5.41) is 0. The van der Waals surface area contributed by atoms with Crippen LogP contribution in [-0.4, -0.2) is 6.04 Å². The van der Waals surface area contributed by atoms with Crippen molar-refractivity contribution in [2.45, 2.75) is 103 Å². The van der Waals surface area contributed by atoms with Gasteiger partial charge in [-0.05, 0) is 18.8 Å². The zero-order valence-corrected chi connectivity index (χ0v) is 13.1. The van der Waals surface area contributed by atoms with E-state index in [1.165, 1.54) is 89.9 Å². The van der Waals surface area contributed by atoms with Crippen LogP contribution >= 0.6 is 0 Å². The Bertz CT molecular complexity index is 188. The van der Waals surface area contributed by atoms with Gasteiger partial charge in [0.15, 0.2) is 0 Å². The predicted octanol–water partition coefficient (Wildman–Crippen LogP) is 4.93. The van der Waals surface area contributed by atoms with E-state index in [4.69, 9.17) is 5.84 Å². The van der Waals surface area contributed by atoms with E-state index >= 15 is 0 Å². The van der Waals surface area contributed by atoms with Crippen molar-refractivity contribution in [1.82, 2.24) is 5.43 Å². The normalized spacial score (nSPS) is 18.0. The summed E-state index contributed by atoms with van der Waals surface area (Å²) < 4.78 is 0. The van der Waals surface area contributed by atoms with Crippen molar-refractivity contribution in [3.8, 4) is 0 Å². The smallest absolute Gasteiger partial charge is 0.0213 e. The van der Waals surface area contributed by atoms with Crippen molar-refractivity contribution < 1.29 is 0 Å². The van der Waals surface area contributed by atoms with Gasteiger partial charge < -0.3 is 0 Å². The molecule has 1 unspecified atom stereocenters. The lowest BCUT2D eigenvalue weighted by molar-refractivity contribution is 0.364. The third-order valence-corrected chi connectivity index (χ3v) is 4.73. The van der Waals surface area contributed by atoms with Crippen LogP contribution in [0.25, 0.3) is 0 Å². The molecule has 0 spiro atoms. The van der Waals surface area contributed by atoms with E-state index in [1.807, 2.05) is 0 Å². The average Bonchev–Trinajstić information content (AvgIpc) is 2.93. The highest BCUT2D eigenvalue weighted by molar-refractivity contribution is 4.74. The molecule has 2 heteroatoms. The van der Waals surface area contributed by atoms with Crippen LogP contribution in [0.1, 0.15) is 96.8 Å². The number of hydrogen-bond donors (Lipinski definition) is 2. The summed E-state index contributed by atoms with van der Waals surface area (Å²) in [5.74, 6) is 6.65. The van der Waals surface area contributed by atoms with Crippen LogP contribution in [0.2, 0.25) is 0 Å². The topological polar surface area (TPSA) is 38.0 Å². The van der Waals surface area contributed by atoms with Crippen molar-refractivity contribution in [3.63, 3.8) is 0 Å². The third-order valence-electron chi connectivity index (χ3n) is 4.73. The van der Waals surface area contributed by atoms with Gasteiger partial charge in [0.2, 0.25) is 0 Å². The number of nitrogens with one attached hydrogen (secondary N) is 1. The molecule has 0 radical (unpaired) electrons. The fourth-order valence-corrected chi connectivity index (χ4v) is 3.44. The van der Waals surface area contributed by atoms with Crippen LogP contribution in [-0.2, 0) is 0 Å². The van der Waals surface area contributed by atoms with Gasteiger partial charge in [0.1, 0.15) is 0 Å². The maximum absolute atomic E-state index is 5.70. The van der Waals surface area contributed by atoms with Crippen molar-refractivity contribution in [2.75, 3.05) is 0 Å². The number of rotatable bonds is 12. The molecule has 1 saturated carbocycles. The first-order valence-corrected chi connectivity index (χ1v) is 8.83. The highest BCUT2D eigenvalue weighted by atomic mass is 15.2. The molecule has 2 nitrogen and oxygen atoms in total. The third kappa shape index (κ3) is 8.65. The molecular formula is C17H36N2. The van der Waals surface area contributed by atoms with Crippen LogP contribution in [0, 0.1) is 5.92 Å². The second-order valence-electron chi connectivity index (χ2n) is 6.51. The predicted molar refractivity (Wildman–Crippen MR) is 84.9 cm³/mol. The molecule has 1 atom stereocenters.